The number of halogens is 1. The van der Waals surface area contributed by atoms with Crippen LogP contribution in [0.1, 0.15) is 38.1 Å². The third-order valence-corrected chi connectivity index (χ3v) is 4.48. The molecule has 118 valence electrons. The highest BCUT2D eigenvalue weighted by molar-refractivity contribution is 14.1. The minimum absolute atomic E-state index is 0.000246. The molecule has 2 atom stereocenters. The molecule has 1 aromatic heterocycles. The van der Waals surface area contributed by atoms with Gasteiger partial charge in [-0.25, -0.2) is 4.79 Å². The smallest absolute Gasteiger partial charge is 0.408 e. The van der Waals surface area contributed by atoms with Crippen molar-refractivity contribution < 1.29 is 14.3 Å². The van der Waals surface area contributed by atoms with E-state index >= 15 is 0 Å². The van der Waals surface area contributed by atoms with Gasteiger partial charge >= 0.3 is 6.09 Å². The van der Waals surface area contributed by atoms with Gasteiger partial charge in [0.2, 0.25) is 0 Å². The van der Waals surface area contributed by atoms with Gasteiger partial charge < -0.3 is 14.8 Å². The van der Waals surface area contributed by atoms with E-state index in [4.69, 9.17) is 9.47 Å². The fourth-order valence-corrected chi connectivity index (χ4v) is 2.89. The molecule has 1 aromatic rings. The highest BCUT2D eigenvalue weighted by Crippen LogP contribution is 2.25. The molecule has 1 fully saturated rings. The van der Waals surface area contributed by atoms with E-state index in [0.717, 1.165) is 9.39 Å². The maximum absolute atomic E-state index is 11.9. The molecule has 21 heavy (non-hydrogen) atoms. The van der Waals surface area contributed by atoms with Gasteiger partial charge in [-0.2, -0.15) is 5.10 Å². The van der Waals surface area contributed by atoms with Crippen LogP contribution in [0.15, 0.2) is 0 Å². The van der Waals surface area contributed by atoms with Crippen molar-refractivity contribution in [1.82, 2.24) is 15.1 Å². The number of amides is 1. The molecule has 1 aliphatic rings. The molecule has 7 heteroatoms. The second-order valence-electron chi connectivity index (χ2n) is 6.30. The number of hydrogen-bond acceptors (Lipinski definition) is 4. The minimum Gasteiger partial charge on any atom is -0.444 e. The standard InChI is InChI=1S/C14H22IN3O3/c1-8-9(2)18(17-12(8)15)11-7-20-6-10(11)16-13(19)21-14(3,4)5/h10-11H,6-7H2,1-5H3,(H,16,19)/t10-,11+/m1/s1. The van der Waals surface area contributed by atoms with E-state index in [9.17, 15) is 4.79 Å². The van der Waals surface area contributed by atoms with Crippen molar-refractivity contribution in [1.29, 1.82) is 0 Å². The molecule has 1 amide bonds. The average Bonchev–Trinajstić information content (AvgIpc) is 2.87. The molecule has 0 spiro atoms. The molecule has 2 rings (SSSR count). The molecule has 0 unspecified atom stereocenters. The Morgan fingerprint density at radius 3 is 2.62 bits per heavy atom. The molecule has 0 bridgehead atoms. The van der Waals surface area contributed by atoms with Crippen molar-refractivity contribution in [3.8, 4) is 0 Å². The zero-order valence-electron chi connectivity index (χ0n) is 13.1. The molecule has 0 radical (unpaired) electrons. The van der Waals surface area contributed by atoms with Crippen molar-refractivity contribution >= 4 is 28.7 Å². The van der Waals surface area contributed by atoms with Gasteiger partial charge in [-0.1, -0.05) is 0 Å². The molecule has 2 heterocycles. The second kappa shape index (κ2) is 6.12. The summed E-state index contributed by atoms with van der Waals surface area (Å²) in [4.78, 5) is 11.9. The first-order valence-corrected chi connectivity index (χ1v) is 8.05. The van der Waals surface area contributed by atoms with Crippen molar-refractivity contribution in [2.45, 2.75) is 52.3 Å². The second-order valence-corrected chi connectivity index (χ2v) is 7.33. The Labute approximate surface area is 138 Å². The zero-order valence-corrected chi connectivity index (χ0v) is 15.2. The van der Waals surface area contributed by atoms with Crippen LogP contribution in [0.25, 0.3) is 0 Å². The van der Waals surface area contributed by atoms with Crippen LogP contribution in [-0.2, 0) is 9.47 Å². The fraction of sp³-hybridized carbons (Fsp3) is 0.714. The maximum Gasteiger partial charge on any atom is 0.408 e. The number of carbonyl (C=O) groups is 1. The van der Waals surface area contributed by atoms with Gasteiger partial charge in [0.05, 0.1) is 25.3 Å². The monoisotopic (exact) mass is 407 g/mol. The van der Waals surface area contributed by atoms with E-state index in [1.165, 1.54) is 5.56 Å². The molecule has 0 saturated carbocycles. The summed E-state index contributed by atoms with van der Waals surface area (Å²) in [5.41, 5.74) is 1.76. The first-order valence-electron chi connectivity index (χ1n) is 6.97. The minimum atomic E-state index is -0.507. The van der Waals surface area contributed by atoms with Crippen LogP contribution in [0.3, 0.4) is 0 Å². The summed E-state index contributed by atoms with van der Waals surface area (Å²) in [7, 11) is 0. The van der Waals surface area contributed by atoms with E-state index in [1.54, 1.807) is 0 Å². The number of ether oxygens (including phenoxy) is 2. The van der Waals surface area contributed by atoms with Crippen LogP contribution < -0.4 is 5.32 Å². The Bertz CT molecular complexity index is 536. The van der Waals surface area contributed by atoms with Crippen LogP contribution in [0, 0.1) is 17.5 Å². The van der Waals surface area contributed by atoms with Gasteiger partial charge in [-0.05, 0) is 57.2 Å². The number of nitrogens with zero attached hydrogens (tertiary/aromatic N) is 2. The molecular weight excluding hydrogens is 385 g/mol. The van der Waals surface area contributed by atoms with Gasteiger partial charge in [0.1, 0.15) is 9.30 Å². The molecule has 1 saturated heterocycles. The lowest BCUT2D eigenvalue weighted by Crippen LogP contribution is -2.43. The van der Waals surface area contributed by atoms with Gasteiger partial charge in [-0.3, -0.25) is 4.68 Å². The van der Waals surface area contributed by atoms with Crippen molar-refractivity contribution in [3.63, 3.8) is 0 Å². The van der Waals surface area contributed by atoms with Crippen molar-refractivity contribution in [2.24, 2.45) is 0 Å². The molecule has 6 nitrogen and oxygen atoms in total. The Kier molecular flexibility index (Phi) is 4.82. The van der Waals surface area contributed by atoms with Crippen molar-refractivity contribution in [3.05, 3.63) is 15.0 Å². The fourth-order valence-electron chi connectivity index (χ4n) is 2.27. The summed E-state index contributed by atoms with van der Waals surface area (Å²) in [6, 6.07) is -0.131. The summed E-state index contributed by atoms with van der Waals surface area (Å²) in [5.74, 6) is 0. The summed E-state index contributed by atoms with van der Waals surface area (Å²) < 4.78 is 13.8. The maximum atomic E-state index is 11.9. The number of nitrogens with one attached hydrogen (secondary N) is 1. The van der Waals surface area contributed by atoms with E-state index in [1.807, 2.05) is 39.3 Å². The van der Waals surface area contributed by atoms with E-state index < -0.39 is 11.7 Å². The Morgan fingerprint density at radius 1 is 1.43 bits per heavy atom. The van der Waals surface area contributed by atoms with E-state index in [0.29, 0.717) is 13.2 Å². The van der Waals surface area contributed by atoms with Gasteiger partial charge in [0.15, 0.2) is 0 Å². The molecule has 0 aliphatic carbocycles. The molecule has 1 aliphatic heterocycles. The number of aromatic nitrogens is 2. The number of hydrogen-bond donors (Lipinski definition) is 1. The Hall–Kier alpha value is -0.830. The normalized spacial score (nSPS) is 22.4. The van der Waals surface area contributed by atoms with Crippen LogP contribution in [0.2, 0.25) is 0 Å². The van der Waals surface area contributed by atoms with E-state index in [2.05, 4.69) is 33.0 Å². The summed E-state index contributed by atoms with van der Waals surface area (Å²) in [6.07, 6.45) is -0.417. The van der Waals surface area contributed by atoms with Gasteiger partial charge in [-0.15, -0.1) is 0 Å². The van der Waals surface area contributed by atoms with Crippen LogP contribution in [0.4, 0.5) is 4.79 Å². The topological polar surface area (TPSA) is 65.4 Å². The van der Waals surface area contributed by atoms with Crippen LogP contribution in [0.5, 0.6) is 0 Å². The first-order chi connectivity index (χ1) is 9.69. The molecule has 0 aromatic carbocycles. The third kappa shape index (κ3) is 3.88. The van der Waals surface area contributed by atoms with E-state index in [-0.39, 0.29) is 12.1 Å². The summed E-state index contributed by atoms with van der Waals surface area (Å²) in [6.45, 7) is 10.6. The van der Waals surface area contributed by atoms with Crippen molar-refractivity contribution in [2.75, 3.05) is 13.2 Å². The predicted octanol–water partition coefficient (Wildman–Crippen LogP) is 2.57. The highest BCUT2D eigenvalue weighted by atomic mass is 127. The lowest BCUT2D eigenvalue weighted by Gasteiger charge is -2.24. The lowest BCUT2D eigenvalue weighted by atomic mass is 10.1. The molecule has 1 N–H and O–H groups in total. The summed E-state index contributed by atoms with van der Waals surface area (Å²) in [5, 5.41) is 7.45. The number of carbonyl (C=O) groups excluding carboxylic acids is 1. The number of rotatable bonds is 2. The largest absolute Gasteiger partial charge is 0.444 e. The summed E-state index contributed by atoms with van der Waals surface area (Å²) >= 11 is 2.22. The van der Waals surface area contributed by atoms with Gasteiger partial charge in [0.25, 0.3) is 0 Å². The quantitative estimate of drug-likeness (QED) is 0.766. The first kappa shape index (κ1) is 16.5. The van der Waals surface area contributed by atoms with Crippen LogP contribution >= 0.6 is 22.6 Å². The number of alkyl carbamates (subject to hydrolysis) is 1. The van der Waals surface area contributed by atoms with Crippen LogP contribution in [-0.4, -0.2) is 40.7 Å². The predicted molar refractivity (Wildman–Crippen MR) is 87.4 cm³/mol. The Morgan fingerprint density at radius 2 is 2.10 bits per heavy atom. The van der Waals surface area contributed by atoms with Gasteiger partial charge in [0, 0.05) is 11.3 Å². The zero-order chi connectivity index (χ0) is 15.8. The SMILES string of the molecule is Cc1c(I)nn([C@H]2COC[C@H]2NC(=O)OC(C)(C)C)c1C. The highest BCUT2D eigenvalue weighted by Gasteiger charge is 2.34. The Balaban J connectivity index is 2.10. The third-order valence-electron chi connectivity index (χ3n) is 3.46. The average molecular weight is 407 g/mol. The molecular formula is C14H22IN3O3. The lowest BCUT2D eigenvalue weighted by molar-refractivity contribution is 0.0491.